The molecule has 2 aromatic heterocycles. The van der Waals surface area contributed by atoms with Crippen molar-refractivity contribution in [1.29, 1.82) is 0 Å². The molecule has 2 fully saturated rings. The van der Waals surface area contributed by atoms with Gasteiger partial charge in [0.1, 0.15) is 0 Å². The first-order valence-electron chi connectivity index (χ1n) is 8.11. The Labute approximate surface area is 139 Å². The summed E-state index contributed by atoms with van der Waals surface area (Å²) in [5, 5.41) is 8.83. The molecule has 4 rings (SSSR count). The van der Waals surface area contributed by atoms with Crippen LogP contribution in [0.3, 0.4) is 0 Å². The number of nitrogens with zero attached hydrogens (tertiary/aromatic N) is 4. The number of aryl methyl sites for hydroxylation is 1. The van der Waals surface area contributed by atoms with Crippen LogP contribution in [0.2, 0.25) is 0 Å². The van der Waals surface area contributed by atoms with Crippen molar-refractivity contribution in [2.45, 2.75) is 56.8 Å². The third kappa shape index (κ3) is 2.67. The molecule has 0 unspecified atom stereocenters. The maximum Gasteiger partial charge on any atom is 0.222 e. The number of ketones is 1. The normalized spacial score (nSPS) is 17.7. The summed E-state index contributed by atoms with van der Waals surface area (Å²) in [7, 11) is 0. The number of Topliss-reactive ketones (excluding diaryl/α,β-unsaturated/α-hetero) is 1. The predicted octanol–water partition coefficient (Wildman–Crippen LogP) is 2.92. The van der Waals surface area contributed by atoms with Gasteiger partial charge in [-0.3, -0.25) is 9.36 Å². The Morgan fingerprint density at radius 2 is 1.87 bits per heavy atom. The van der Waals surface area contributed by atoms with Gasteiger partial charge in [-0.15, -0.1) is 10.2 Å². The first kappa shape index (κ1) is 14.8. The molecule has 0 radical (unpaired) electrons. The molecule has 23 heavy (non-hydrogen) atoms. The predicted molar refractivity (Wildman–Crippen MR) is 89.9 cm³/mol. The molecule has 0 aromatic carbocycles. The maximum absolute atomic E-state index is 12.6. The van der Waals surface area contributed by atoms with Gasteiger partial charge in [-0.05, 0) is 45.6 Å². The minimum absolute atomic E-state index is 0.152. The van der Waals surface area contributed by atoms with Gasteiger partial charge in [-0.1, -0.05) is 11.8 Å². The minimum atomic E-state index is 0.152. The highest BCUT2D eigenvalue weighted by molar-refractivity contribution is 7.99. The first-order chi connectivity index (χ1) is 11.1. The molecule has 2 aliphatic rings. The maximum atomic E-state index is 12.6. The zero-order valence-corrected chi connectivity index (χ0v) is 14.3. The van der Waals surface area contributed by atoms with E-state index in [2.05, 4.69) is 21.7 Å². The standard InChI is InChI=1S/C16H21N5OS/c1-9-7-13(10(2)20(9)11-3-4-11)14(22)8-23-16-19-18-15(17)21(16)12-5-6-12/h7,11-12H,3-6,8H2,1-2H3,(H2,17,18). The van der Waals surface area contributed by atoms with Crippen molar-refractivity contribution in [3.8, 4) is 0 Å². The number of nitrogens with two attached hydrogens (primary N) is 1. The molecular weight excluding hydrogens is 310 g/mol. The monoisotopic (exact) mass is 331 g/mol. The lowest BCUT2D eigenvalue weighted by atomic mass is 10.2. The van der Waals surface area contributed by atoms with E-state index in [-0.39, 0.29) is 5.78 Å². The van der Waals surface area contributed by atoms with Gasteiger partial charge in [0.05, 0.1) is 5.75 Å². The van der Waals surface area contributed by atoms with Crippen LogP contribution in [-0.4, -0.2) is 30.9 Å². The van der Waals surface area contributed by atoms with Gasteiger partial charge in [0.15, 0.2) is 10.9 Å². The van der Waals surface area contributed by atoms with Crippen molar-refractivity contribution in [1.82, 2.24) is 19.3 Å². The van der Waals surface area contributed by atoms with Gasteiger partial charge < -0.3 is 10.3 Å². The third-order valence-corrected chi connectivity index (χ3v) is 5.58. The largest absolute Gasteiger partial charge is 0.368 e. The number of nitrogen functional groups attached to an aromatic ring is 1. The number of aromatic nitrogens is 4. The summed E-state index contributed by atoms with van der Waals surface area (Å²) in [6, 6.07) is 3.04. The Bertz CT molecular complexity index is 770. The summed E-state index contributed by atoms with van der Waals surface area (Å²) < 4.78 is 4.27. The van der Waals surface area contributed by atoms with Crippen LogP contribution in [0.4, 0.5) is 5.95 Å². The molecule has 0 bridgehead atoms. The van der Waals surface area contributed by atoms with E-state index in [4.69, 9.17) is 5.73 Å². The summed E-state index contributed by atoms with van der Waals surface area (Å²) >= 11 is 1.44. The van der Waals surface area contributed by atoms with Gasteiger partial charge in [-0.25, -0.2) is 0 Å². The van der Waals surface area contributed by atoms with Crippen molar-refractivity contribution in [2.75, 3.05) is 11.5 Å². The Morgan fingerprint density at radius 3 is 2.52 bits per heavy atom. The van der Waals surface area contributed by atoms with Gasteiger partial charge >= 0.3 is 0 Å². The lowest BCUT2D eigenvalue weighted by Gasteiger charge is -2.08. The van der Waals surface area contributed by atoms with Crippen LogP contribution in [0, 0.1) is 13.8 Å². The molecule has 0 saturated heterocycles. The average Bonchev–Trinajstić information content (AvgIpc) is 3.43. The number of carbonyl (C=O) groups is 1. The van der Waals surface area contributed by atoms with Crippen LogP contribution in [0.5, 0.6) is 0 Å². The fraction of sp³-hybridized carbons (Fsp3) is 0.562. The number of rotatable bonds is 6. The molecule has 0 amide bonds. The van der Waals surface area contributed by atoms with Gasteiger partial charge in [0.25, 0.3) is 0 Å². The quantitative estimate of drug-likeness (QED) is 0.650. The fourth-order valence-corrected chi connectivity index (χ4v) is 4.12. The highest BCUT2D eigenvalue weighted by Crippen LogP contribution is 2.40. The fourth-order valence-electron chi connectivity index (χ4n) is 3.22. The average molecular weight is 331 g/mol. The highest BCUT2D eigenvalue weighted by Gasteiger charge is 2.30. The minimum Gasteiger partial charge on any atom is -0.368 e. The summed E-state index contributed by atoms with van der Waals surface area (Å²) in [5.74, 6) is 0.980. The van der Waals surface area contributed by atoms with Crippen LogP contribution in [0.15, 0.2) is 11.2 Å². The van der Waals surface area contributed by atoms with Crippen molar-refractivity contribution >= 4 is 23.5 Å². The first-order valence-corrected chi connectivity index (χ1v) is 9.09. The van der Waals surface area contributed by atoms with Crippen LogP contribution in [-0.2, 0) is 0 Å². The summed E-state index contributed by atoms with van der Waals surface area (Å²) in [5.41, 5.74) is 9.00. The highest BCUT2D eigenvalue weighted by atomic mass is 32.2. The van der Waals surface area contributed by atoms with Crippen LogP contribution in [0.1, 0.15) is 59.5 Å². The van der Waals surface area contributed by atoms with Crippen molar-refractivity contribution in [3.63, 3.8) is 0 Å². The van der Waals surface area contributed by atoms with E-state index in [1.807, 2.05) is 17.6 Å². The zero-order chi connectivity index (χ0) is 16.1. The Hall–Kier alpha value is -1.76. The van der Waals surface area contributed by atoms with Gasteiger partial charge in [-0.2, -0.15) is 0 Å². The number of hydrogen-bond acceptors (Lipinski definition) is 5. The number of anilines is 1. The molecule has 122 valence electrons. The van der Waals surface area contributed by atoms with E-state index < -0.39 is 0 Å². The molecule has 7 heteroatoms. The number of hydrogen-bond donors (Lipinski definition) is 1. The topological polar surface area (TPSA) is 78.7 Å². The molecule has 2 saturated carbocycles. The van der Waals surface area contributed by atoms with Gasteiger partial charge in [0, 0.05) is 29.0 Å². The Balaban J connectivity index is 1.49. The molecular formula is C16H21N5OS. The molecule has 2 aromatic rings. The summed E-state index contributed by atoms with van der Waals surface area (Å²) in [6.07, 6.45) is 4.68. The second kappa shape index (κ2) is 5.40. The van der Waals surface area contributed by atoms with Crippen molar-refractivity contribution in [2.24, 2.45) is 0 Å². The van der Waals surface area contributed by atoms with Gasteiger partial charge in [0.2, 0.25) is 5.95 Å². The number of carbonyl (C=O) groups excluding carboxylic acids is 1. The van der Waals surface area contributed by atoms with Crippen LogP contribution in [0.25, 0.3) is 0 Å². The second-order valence-corrected chi connectivity index (χ2v) is 7.48. The lowest BCUT2D eigenvalue weighted by molar-refractivity contribution is 0.102. The van der Waals surface area contributed by atoms with E-state index >= 15 is 0 Å². The Morgan fingerprint density at radius 1 is 1.22 bits per heavy atom. The SMILES string of the molecule is Cc1cc(C(=O)CSc2nnc(N)n2C2CC2)c(C)n1C1CC1. The van der Waals surface area contributed by atoms with Crippen molar-refractivity contribution < 1.29 is 4.79 Å². The van der Waals surface area contributed by atoms with Crippen molar-refractivity contribution in [3.05, 3.63) is 23.0 Å². The molecule has 0 aliphatic heterocycles. The van der Waals surface area contributed by atoms with E-state index in [1.165, 1.54) is 30.3 Å². The molecule has 2 aliphatic carbocycles. The van der Waals surface area contributed by atoms with E-state index in [1.54, 1.807) is 0 Å². The van der Waals surface area contributed by atoms with E-state index in [9.17, 15) is 4.79 Å². The molecule has 2 heterocycles. The van der Waals surface area contributed by atoms with Crippen LogP contribution < -0.4 is 5.73 Å². The summed E-state index contributed by atoms with van der Waals surface area (Å²) in [4.78, 5) is 12.6. The molecule has 0 atom stereocenters. The number of thioether (sulfide) groups is 1. The lowest BCUT2D eigenvalue weighted by Crippen LogP contribution is -2.07. The molecule has 6 nitrogen and oxygen atoms in total. The Kier molecular flexibility index (Phi) is 3.48. The molecule has 0 spiro atoms. The third-order valence-electron chi connectivity index (χ3n) is 4.63. The van der Waals surface area contributed by atoms with E-state index in [0.717, 1.165) is 29.3 Å². The van der Waals surface area contributed by atoms with Crippen LogP contribution >= 0.6 is 11.8 Å². The second-order valence-electron chi connectivity index (χ2n) is 6.54. The summed E-state index contributed by atoms with van der Waals surface area (Å²) in [6.45, 7) is 4.13. The molecule has 2 N–H and O–H groups in total. The van der Waals surface area contributed by atoms with E-state index in [0.29, 0.717) is 23.8 Å². The smallest absolute Gasteiger partial charge is 0.222 e. The zero-order valence-electron chi connectivity index (χ0n) is 13.5.